The Balaban J connectivity index is 2.03. The van der Waals surface area contributed by atoms with Crippen LogP contribution in [0.15, 0.2) is 47.4 Å². The van der Waals surface area contributed by atoms with Gasteiger partial charge in [0.15, 0.2) is 0 Å². The maximum absolute atomic E-state index is 13.0. The van der Waals surface area contributed by atoms with Crippen LogP contribution in [0.5, 0.6) is 5.75 Å². The van der Waals surface area contributed by atoms with E-state index in [2.05, 4.69) is 9.46 Å². The van der Waals surface area contributed by atoms with Crippen molar-refractivity contribution in [2.45, 2.75) is 17.9 Å². The molecule has 0 aliphatic heterocycles. The molecule has 1 N–H and O–H groups in total. The fourth-order valence-electron chi connectivity index (χ4n) is 1.95. The second-order valence-corrected chi connectivity index (χ2v) is 6.92. The van der Waals surface area contributed by atoms with Crippen LogP contribution in [0.4, 0.5) is 13.2 Å². The van der Waals surface area contributed by atoms with Gasteiger partial charge in [0.1, 0.15) is 11.6 Å². The van der Waals surface area contributed by atoms with Crippen molar-refractivity contribution in [1.82, 2.24) is 4.72 Å². The van der Waals surface area contributed by atoms with E-state index in [4.69, 9.17) is 11.6 Å². The molecule has 0 aliphatic rings. The third-order valence-corrected chi connectivity index (χ3v) is 4.78. The average molecular weight is 380 g/mol. The predicted octanol–water partition coefficient (Wildman–Crippen LogP) is 3.60. The molecule has 0 spiro atoms. The molecule has 130 valence electrons. The molecule has 0 atom stereocenters. The standard InChI is InChI=1S/C15H13ClF3NO3S/c16-13-9-12(4-5-14(13)23-15(18)19)24(21,22)20-7-6-10-2-1-3-11(17)8-10/h1-5,8-9,15,20H,6-7H2. The molecule has 0 aliphatic carbocycles. The van der Waals surface area contributed by atoms with Gasteiger partial charge in [-0.05, 0) is 42.3 Å². The van der Waals surface area contributed by atoms with Gasteiger partial charge in [0.25, 0.3) is 0 Å². The smallest absolute Gasteiger partial charge is 0.387 e. The summed E-state index contributed by atoms with van der Waals surface area (Å²) in [5.74, 6) is -0.720. The minimum Gasteiger partial charge on any atom is -0.433 e. The summed E-state index contributed by atoms with van der Waals surface area (Å²) in [4.78, 5) is -0.187. The normalized spacial score (nSPS) is 11.7. The fourth-order valence-corrected chi connectivity index (χ4v) is 3.29. The maximum Gasteiger partial charge on any atom is 0.387 e. The summed E-state index contributed by atoms with van der Waals surface area (Å²) >= 11 is 5.73. The second-order valence-electron chi connectivity index (χ2n) is 4.75. The second kappa shape index (κ2) is 7.87. The number of alkyl halides is 2. The molecular weight excluding hydrogens is 367 g/mol. The summed E-state index contributed by atoms with van der Waals surface area (Å²) in [6.07, 6.45) is 0.289. The van der Waals surface area contributed by atoms with Gasteiger partial charge in [0, 0.05) is 6.54 Å². The third kappa shape index (κ3) is 5.12. The van der Waals surface area contributed by atoms with Gasteiger partial charge in [0.05, 0.1) is 9.92 Å². The van der Waals surface area contributed by atoms with Crippen molar-refractivity contribution in [2.75, 3.05) is 6.54 Å². The first-order valence-corrected chi connectivity index (χ1v) is 8.62. The van der Waals surface area contributed by atoms with E-state index in [-0.39, 0.29) is 28.6 Å². The summed E-state index contributed by atoms with van der Waals surface area (Å²) in [5, 5.41) is -0.247. The molecule has 2 aromatic rings. The van der Waals surface area contributed by atoms with Gasteiger partial charge in [-0.25, -0.2) is 17.5 Å². The molecule has 2 rings (SSSR count). The molecule has 0 bridgehead atoms. The molecule has 0 saturated carbocycles. The largest absolute Gasteiger partial charge is 0.433 e. The first-order valence-electron chi connectivity index (χ1n) is 6.76. The van der Waals surface area contributed by atoms with E-state index in [1.807, 2.05) is 0 Å². The highest BCUT2D eigenvalue weighted by molar-refractivity contribution is 7.89. The van der Waals surface area contributed by atoms with Gasteiger partial charge in [-0.15, -0.1) is 0 Å². The van der Waals surface area contributed by atoms with E-state index >= 15 is 0 Å². The Bertz CT molecular complexity index is 815. The number of hydrogen-bond donors (Lipinski definition) is 1. The SMILES string of the molecule is O=S(=O)(NCCc1cccc(F)c1)c1ccc(OC(F)F)c(Cl)c1. The van der Waals surface area contributed by atoms with E-state index in [0.29, 0.717) is 5.56 Å². The average Bonchev–Trinajstić information content (AvgIpc) is 2.48. The molecule has 0 amide bonds. The molecule has 0 fully saturated rings. The molecule has 9 heteroatoms. The Morgan fingerprint density at radius 1 is 1.17 bits per heavy atom. The molecule has 2 aromatic carbocycles. The maximum atomic E-state index is 13.0. The monoisotopic (exact) mass is 379 g/mol. The van der Waals surface area contributed by atoms with Gasteiger partial charge < -0.3 is 4.74 Å². The molecule has 0 radical (unpaired) electrons. The van der Waals surface area contributed by atoms with Crippen LogP contribution in [0.3, 0.4) is 0 Å². The highest BCUT2D eigenvalue weighted by atomic mass is 35.5. The quantitative estimate of drug-likeness (QED) is 0.799. The Hall–Kier alpha value is -1.77. The highest BCUT2D eigenvalue weighted by Crippen LogP contribution is 2.28. The topological polar surface area (TPSA) is 55.4 Å². The summed E-state index contributed by atoms with van der Waals surface area (Å²) in [7, 11) is -3.88. The summed E-state index contributed by atoms with van der Waals surface area (Å²) < 4.78 is 68.1. The molecule has 0 heterocycles. The van der Waals surface area contributed by atoms with Gasteiger partial charge in [-0.2, -0.15) is 8.78 Å². The van der Waals surface area contributed by atoms with E-state index in [9.17, 15) is 21.6 Å². The van der Waals surface area contributed by atoms with Crippen LogP contribution in [-0.4, -0.2) is 21.6 Å². The van der Waals surface area contributed by atoms with E-state index < -0.39 is 22.5 Å². The van der Waals surface area contributed by atoms with Crippen LogP contribution >= 0.6 is 11.6 Å². The number of hydrogen-bond acceptors (Lipinski definition) is 3. The summed E-state index contributed by atoms with van der Waals surface area (Å²) in [6.45, 7) is -3.02. The fraction of sp³-hybridized carbons (Fsp3) is 0.200. The van der Waals surface area contributed by atoms with Crippen LogP contribution in [0.2, 0.25) is 5.02 Å². The van der Waals surface area contributed by atoms with Crippen molar-refractivity contribution < 1.29 is 26.3 Å². The first kappa shape index (κ1) is 18.6. The van der Waals surface area contributed by atoms with Gasteiger partial charge >= 0.3 is 6.61 Å². The molecule has 24 heavy (non-hydrogen) atoms. The lowest BCUT2D eigenvalue weighted by Gasteiger charge is -2.10. The number of nitrogens with one attached hydrogen (secondary N) is 1. The molecule has 4 nitrogen and oxygen atoms in total. The number of sulfonamides is 1. The first-order chi connectivity index (χ1) is 11.3. The summed E-state index contributed by atoms with van der Waals surface area (Å²) in [5.41, 5.74) is 0.636. The third-order valence-electron chi connectivity index (χ3n) is 3.02. The minimum absolute atomic E-state index is 0.0404. The van der Waals surface area contributed by atoms with Crippen LogP contribution in [-0.2, 0) is 16.4 Å². The van der Waals surface area contributed by atoms with E-state index in [1.54, 1.807) is 6.07 Å². The molecule has 0 saturated heterocycles. The van der Waals surface area contributed by atoms with Crippen molar-refractivity contribution in [3.63, 3.8) is 0 Å². The van der Waals surface area contributed by atoms with Gasteiger partial charge in [0.2, 0.25) is 10.0 Å². The Kier molecular flexibility index (Phi) is 6.09. The number of halogens is 4. The van der Waals surface area contributed by atoms with Crippen LogP contribution in [0.1, 0.15) is 5.56 Å². The molecular formula is C15H13ClF3NO3S. The number of ether oxygens (including phenoxy) is 1. The van der Waals surface area contributed by atoms with Crippen LogP contribution < -0.4 is 9.46 Å². The van der Waals surface area contributed by atoms with Crippen molar-refractivity contribution in [3.8, 4) is 5.75 Å². The van der Waals surface area contributed by atoms with E-state index in [1.165, 1.54) is 18.2 Å². The lowest BCUT2D eigenvalue weighted by molar-refractivity contribution is -0.0498. The Morgan fingerprint density at radius 3 is 2.54 bits per heavy atom. The van der Waals surface area contributed by atoms with E-state index in [0.717, 1.165) is 18.2 Å². The molecule has 0 aromatic heterocycles. The van der Waals surface area contributed by atoms with Gasteiger partial charge in [-0.3, -0.25) is 0 Å². The van der Waals surface area contributed by atoms with Crippen LogP contribution in [0, 0.1) is 5.82 Å². The minimum atomic E-state index is -3.88. The lowest BCUT2D eigenvalue weighted by atomic mass is 10.1. The molecule has 0 unspecified atom stereocenters. The predicted molar refractivity (Wildman–Crippen MR) is 83.4 cm³/mol. The van der Waals surface area contributed by atoms with Crippen LogP contribution in [0.25, 0.3) is 0 Å². The Morgan fingerprint density at radius 2 is 1.92 bits per heavy atom. The zero-order valence-electron chi connectivity index (χ0n) is 12.2. The lowest BCUT2D eigenvalue weighted by Crippen LogP contribution is -2.26. The number of benzene rings is 2. The number of rotatable bonds is 7. The zero-order chi connectivity index (χ0) is 17.7. The van der Waals surface area contributed by atoms with Crippen molar-refractivity contribution in [1.29, 1.82) is 0 Å². The van der Waals surface area contributed by atoms with Gasteiger partial charge in [-0.1, -0.05) is 23.7 Å². The highest BCUT2D eigenvalue weighted by Gasteiger charge is 2.17. The van der Waals surface area contributed by atoms with Crippen molar-refractivity contribution >= 4 is 21.6 Å². The zero-order valence-corrected chi connectivity index (χ0v) is 13.8. The summed E-state index contributed by atoms with van der Waals surface area (Å²) in [6, 6.07) is 8.97. The van der Waals surface area contributed by atoms with Crippen molar-refractivity contribution in [3.05, 3.63) is 58.9 Å². The van der Waals surface area contributed by atoms with Crippen molar-refractivity contribution in [2.24, 2.45) is 0 Å². The Labute approximate surface area is 142 Å².